The predicted molar refractivity (Wildman–Crippen MR) is 97.3 cm³/mol. The number of anilines is 1. The number of rotatable bonds is 4. The Morgan fingerprint density at radius 3 is 2.81 bits per heavy atom. The molecule has 1 aliphatic heterocycles. The highest BCUT2D eigenvalue weighted by Gasteiger charge is 2.15. The molecule has 0 radical (unpaired) electrons. The number of hydrogen-bond donors (Lipinski definition) is 1. The third-order valence-corrected chi connectivity index (χ3v) is 4.66. The molecular formula is C19H15FN2O3S. The summed E-state index contributed by atoms with van der Waals surface area (Å²) in [7, 11) is 0. The van der Waals surface area contributed by atoms with Crippen molar-refractivity contribution in [3.63, 3.8) is 0 Å². The molecule has 1 N–H and O–H groups in total. The summed E-state index contributed by atoms with van der Waals surface area (Å²) in [6, 6.07) is 11.8. The molecule has 0 bridgehead atoms. The Bertz CT molecular complexity index is 957. The Morgan fingerprint density at radius 2 is 1.96 bits per heavy atom. The van der Waals surface area contributed by atoms with Gasteiger partial charge in [0.15, 0.2) is 16.6 Å². The van der Waals surface area contributed by atoms with Gasteiger partial charge in [0.2, 0.25) is 5.91 Å². The van der Waals surface area contributed by atoms with E-state index in [9.17, 15) is 9.18 Å². The van der Waals surface area contributed by atoms with Crippen LogP contribution in [0.4, 0.5) is 9.52 Å². The molecule has 5 nitrogen and oxygen atoms in total. The lowest BCUT2D eigenvalue weighted by molar-refractivity contribution is -0.115. The fourth-order valence-electron chi connectivity index (χ4n) is 2.64. The van der Waals surface area contributed by atoms with E-state index in [4.69, 9.17) is 9.47 Å². The first-order valence-corrected chi connectivity index (χ1v) is 8.96. The van der Waals surface area contributed by atoms with E-state index in [0.29, 0.717) is 35.4 Å². The van der Waals surface area contributed by atoms with Gasteiger partial charge in [-0.2, -0.15) is 0 Å². The molecule has 2 heterocycles. The standard InChI is InChI=1S/C19H15FN2O3S/c20-14-4-2-1-3-12(14)10-18(23)22-19-21-15(11-26-19)13-5-6-16-17(9-13)25-8-7-24-16/h1-6,9,11H,7-8,10H2,(H,21,22,23). The van der Waals surface area contributed by atoms with Crippen molar-refractivity contribution in [3.05, 3.63) is 59.2 Å². The molecule has 0 fully saturated rings. The number of halogens is 1. The fraction of sp³-hybridized carbons (Fsp3) is 0.158. The van der Waals surface area contributed by atoms with Crippen molar-refractivity contribution < 1.29 is 18.7 Å². The maximum atomic E-state index is 13.6. The van der Waals surface area contributed by atoms with Gasteiger partial charge < -0.3 is 14.8 Å². The van der Waals surface area contributed by atoms with Gasteiger partial charge in [-0.25, -0.2) is 9.37 Å². The molecule has 0 spiro atoms. The Hall–Kier alpha value is -2.93. The van der Waals surface area contributed by atoms with Crippen molar-refractivity contribution in [2.75, 3.05) is 18.5 Å². The number of fused-ring (bicyclic) bond motifs is 1. The van der Waals surface area contributed by atoms with Crippen LogP contribution in [0.2, 0.25) is 0 Å². The molecule has 0 unspecified atom stereocenters. The summed E-state index contributed by atoms with van der Waals surface area (Å²) >= 11 is 1.32. The molecule has 1 amide bonds. The quantitative estimate of drug-likeness (QED) is 0.757. The van der Waals surface area contributed by atoms with Gasteiger partial charge in [0.1, 0.15) is 19.0 Å². The first kappa shape index (κ1) is 16.5. The molecule has 0 atom stereocenters. The summed E-state index contributed by atoms with van der Waals surface area (Å²) < 4.78 is 24.7. The van der Waals surface area contributed by atoms with Gasteiger partial charge in [-0.1, -0.05) is 18.2 Å². The molecule has 4 rings (SSSR count). The number of carbonyl (C=O) groups excluding carboxylic acids is 1. The van der Waals surface area contributed by atoms with Crippen molar-refractivity contribution in [2.45, 2.75) is 6.42 Å². The van der Waals surface area contributed by atoms with E-state index in [1.165, 1.54) is 17.4 Å². The summed E-state index contributed by atoms with van der Waals surface area (Å²) in [5.74, 6) is 0.706. The van der Waals surface area contributed by atoms with Gasteiger partial charge in [-0.3, -0.25) is 4.79 Å². The minimum atomic E-state index is -0.390. The second kappa shape index (κ2) is 7.13. The first-order chi connectivity index (χ1) is 12.7. The predicted octanol–water partition coefficient (Wildman–Crippen LogP) is 3.90. The largest absolute Gasteiger partial charge is 0.486 e. The van der Waals surface area contributed by atoms with Gasteiger partial charge >= 0.3 is 0 Å². The number of nitrogens with zero attached hydrogens (tertiary/aromatic N) is 1. The van der Waals surface area contributed by atoms with Gasteiger partial charge in [0.05, 0.1) is 12.1 Å². The topological polar surface area (TPSA) is 60.5 Å². The van der Waals surface area contributed by atoms with Gasteiger partial charge in [0.25, 0.3) is 0 Å². The summed E-state index contributed by atoms with van der Waals surface area (Å²) in [6.07, 6.45) is -0.0361. The highest BCUT2D eigenvalue weighted by Crippen LogP contribution is 2.35. The van der Waals surface area contributed by atoms with Crippen LogP contribution in [0.3, 0.4) is 0 Å². The van der Waals surface area contributed by atoms with Crippen LogP contribution in [-0.4, -0.2) is 24.1 Å². The highest BCUT2D eigenvalue weighted by molar-refractivity contribution is 7.14. The highest BCUT2D eigenvalue weighted by atomic mass is 32.1. The second-order valence-corrected chi connectivity index (χ2v) is 6.57. The van der Waals surface area contributed by atoms with Crippen LogP contribution in [-0.2, 0) is 11.2 Å². The minimum Gasteiger partial charge on any atom is -0.486 e. The SMILES string of the molecule is O=C(Cc1ccccc1F)Nc1nc(-c2ccc3c(c2)OCCO3)cs1. The van der Waals surface area contributed by atoms with Crippen molar-refractivity contribution in [2.24, 2.45) is 0 Å². The molecule has 2 aromatic carbocycles. The lowest BCUT2D eigenvalue weighted by Gasteiger charge is -2.18. The Morgan fingerprint density at radius 1 is 1.15 bits per heavy atom. The van der Waals surface area contributed by atoms with Gasteiger partial charge in [-0.15, -0.1) is 11.3 Å². The van der Waals surface area contributed by atoms with E-state index < -0.39 is 5.82 Å². The second-order valence-electron chi connectivity index (χ2n) is 5.71. The summed E-state index contributed by atoms with van der Waals surface area (Å²) in [6.45, 7) is 1.06. The van der Waals surface area contributed by atoms with E-state index in [2.05, 4.69) is 10.3 Å². The summed E-state index contributed by atoms with van der Waals surface area (Å²) in [4.78, 5) is 16.6. The summed E-state index contributed by atoms with van der Waals surface area (Å²) in [5.41, 5.74) is 1.96. The molecule has 0 saturated carbocycles. The molecule has 0 saturated heterocycles. The van der Waals surface area contributed by atoms with Gasteiger partial charge in [-0.05, 0) is 29.8 Å². The molecule has 7 heteroatoms. The van der Waals surface area contributed by atoms with E-state index in [1.807, 2.05) is 23.6 Å². The number of aromatic nitrogens is 1. The first-order valence-electron chi connectivity index (χ1n) is 8.08. The smallest absolute Gasteiger partial charge is 0.230 e. The monoisotopic (exact) mass is 370 g/mol. The van der Waals surface area contributed by atoms with E-state index >= 15 is 0 Å². The van der Waals surface area contributed by atoms with Crippen molar-refractivity contribution in [3.8, 4) is 22.8 Å². The van der Waals surface area contributed by atoms with Crippen LogP contribution in [0.1, 0.15) is 5.56 Å². The zero-order valence-electron chi connectivity index (χ0n) is 13.7. The van der Waals surface area contributed by atoms with Crippen molar-refractivity contribution in [1.82, 2.24) is 4.98 Å². The Kier molecular flexibility index (Phi) is 4.53. The minimum absolute atomic E-state index is 0.0361. The molecule has 1 aromatic heterocycles. The number of hydrogen-bond acceptors (Lipinski definition) is 5. The number of amides is 1. The molecule has 0 aliphatic carbocycles. The normalized spacial score (nSPS) is 12.7. The zero-order chi connectivity index (χ0) is 17.9. The van der Waals surface area contributed by atoms with Crippen LogP contribution < -0.4 is 14.8 Å². The van der Waals surface area contributed by atoms with Crippen LogP contribution in [0.5, 0.6) is 11.5 Å². The maximum Gasteiger partial charge on any atom is 0.230 e. The molecule has 3 aromatic rings. The van der Waals surface area contributed by atoms with Gasteiger partial charge in [0, 0.05) is 10.9 Å². The Balaban J connectivity index is 1.46. The average Bonchev–Trinajstić information content (AvgIpc) is 3.11. The average molecular weight is 370 g/mol. The third-order valence-electron chi connectivity index (χ3n) is 3.90. The number of thiazole rings is 1. The fourth-order valence-corrected chi connectivity index (χ4v) is 3.38. The van der Waals surface area contributed by atoms with Crippen LogP contribution in [0.15, 0.2) is 47.8 Å². The lowest BCUT2D eigenvalue weighted by atomic mass is 10.1. The number of benzene rings is 2. The number of nitrogens with one attached hydrogen (secondary N) is 1. The summed E-state index contributed by atoms with van der Waals surface area (Å²) in [5, 5.41) is 5.04. The van der Waals surface area contributed by atoms with Crippen molar-refractivity contribution >= 4 is 22.4 Å². The Labute approximate surface area is 153 Å². The van der Waals surface area contributed by atoms with Crippen molar-refractivity contribution in [1.29, 1.82) is 0 Å². The lowest BCUT2D eigenvalue weighted by Crippen LogP contribution is -2.15. The maximum absolute atomic E-state index is 13.6. The number of ether oxygens (including phenoxy) is 2. The van der Waals surface area contributed by atoms with E-state index in [0.717, 1.165) is 11.3 Å². The molecular weight excluding hydrogens is 355 g/mol. The van der Waals surface area contributed by atoms with Crippen LogP contribution in [0.25, 0.3) is 11.3 Å². The molecule has 1 aliphatic rings. The number of carbonyl (C=O) groups is 1. The van der Waals surface area contributed by atoms with E-state index in [-0.39, 0.29) is 12.3 Å². The van der Waals surface area contributed by atoms with Crippen LogP contribution >= 0.6 is 11.3 Å². The van der Waals surface area contributed by atoms with E-state index in [1.54, 1.807) is 18.2 Å². The third kappa shape index (κ3) is 3.52. The molecule has 132 valence electrons. The molecule has 26 heavy (non-hydrogen) atoms. The zero-order valence-corrected chi connectivity index (χ0v) is 14.5. The van der Waals surface area contributed by atoms with Crippen LogP contribution in [0, 0.1) is 5.82 Å².